The maximum atomic E-state index is 11.8. The van der Waals surface area contributed by atoms with Crippen LogP contribution in [-0.4, -0.2) is 77.5 Å². The van der Waals surface area contributed by atoms with Crippen molar-refractivity contribution < 1.29 is 39.1 Å². The molecule has 34 heavy (non-hydrogen) atoms. The number of benzene rings is 1. The van der Waals surface area contributed by atoms with Gasteiger partial charge < -0.3 is 44.5 Å². The molecule has 0 aliphatic carbocycles. The molecule has 4 rings (SSSR count). The lowest BCUT2D eigenvalue weighted by Crippen LogP contribution is -2.39. The van der Waals surface area contributed by atoms with E-state index in [1.54, 1.807) is 6.07 Å². The minimum Gasteiger partial charge on any atom is -0.394 e. The van der Waals surface area contributed by atoms with Crippen LogP contribution in [-0.2, 0) is 14.0 Å². The summed E-state index contributed by atoms with van der Waals surface area (Å²) < 4.78 is 23.7. The Kier molecular flexibility index (Phi) is 7.25. The van der Waals surface area contributed by atoms with Gasteiger partial charge in [-0.2, -0.15) is 4.98 Å². The van der Waals surface area contributed by atoms with Gasteiger partial charge in [-0.1, -0.05) is 30.3 Å². The number of fused-ring (bicyclic) bond motifs is 1. The van der Waals surface area contributed by atoms with Crippen LogP contribution in [0.3, 0.4) is 0 Å². The zero-order chi connectivity index (χ0) is 24.6. The Bertz CT molecular complexity index is 1190. The van der Waals surface area contributed by atoms with Crippen molar-refractivity contribution in [2.45, 2.75) is 36.4 Å². The monoisotopic (exact) mass is 514 g/mol. The van der Waals surface area contributed by atoms with E-state index in [0.29, 0.717) is 11.2 Å². The summed E-state index contributed by atoms with van der Waals surface area (Å²) >= 11 is 6.14. The van der Waals surface area contributed by atoms with Gasteiger partial charge in [-0.3, -0.25) is 4.57 Å². The summed E-state index contributed by atoms with van der Waals surface area (Å²) in [6.07, 6.45) is -4.44. The molecule has 0 radical (unpaired) electrons. The number of rotatable bonds is 8. The van der Waals surface area contributed by atoms with Gasteiger partial charge in [0, 0.05) is 13.3 Å². The highest BCUT2D eigenvalue weighted by Crippen LogP contribution is 2.48. The van der Waals surface area contributed by atoms with E-state index in [1.165, 1.54) is 10.8 Å². The first-order valence-electron chi connectivity index (χ1n) is 10.2. The number of nitrogens with one attached hydrogen (secondary N) is 1. The number of halogens is 1. The van der Waals surface area contributed by atoms with Crippen molar-refractivity contribution in [2.24, 2.45) is 0 Å². The van der Waals surface area contributed by atoms with Crippen molar-refractivity contribution in [1.82, 2.24) is 14.5 Å². The number of aliphatic hydroxyl groups is 3. The molecule has 1 saturated heterocycles. The first-order valence-corrected chi connectivity index (χ1v) is 12.3. The number of methoxy groups -OCH3 is 1. The second-order valence-corrected chi connectivity index (χ2v) is 9.80. The minimum atomic E-state index is -4.81. The zero-order valence-electron chi connectivity index (χ0n) is 17.8. The van der Waals surface area contributed by atoms with Crippen molar-refractivity contribution in [3.05, 3.63) is 53.4 Å². The third kappa shape index (κ3) is 4.69. The van der Waals surface area contributed by atoms with Crippen LogP contribution >= 0.6 is 19.2 Å². The van der Waals surface area contributed by atoms with Crippen LogP contribution in [0.5, 0.6) is 0 Å². The second kappa shape index (κ2) is 9.86. The second-order valence-electron chi connectivity index (χ2n) is 7.78. The number of hydrogen-bond donors (Lipinski definition) is 6. The Balaban J connectivity index is 1.69. The molecule has 6 N–H and O–H groups in total. The Morgan fingerprint density at radius 1 is 1.21 bits per heavy atom. The van der Waals surface area contributed by atoms with Gasteiger partial charge in [0.1, 0.15) is 29.8 Å². The average Bonchev–Trinajstić information content (AvgIpc) is 3.33. The lowest BCUT2D eigenvalue weighted by Gasteiger charge is -2.24. The Hall–Kier alpha value is -2.12. The molecule has 14 heteroatoms. The fourth-order valence-corrected chi connectivity index (χ4v) is 5.09. The largest absolute Gasteiger partial charge is 0.394 e. The summed E-state index contributed by atoms with van der Waals surface area (Å²) in [4.78, 5) is 27.5. The van der Waals surface area contributed by atoms with Crippen LogP contribution in [0.1, 0.15) is 17.8 Å². The first kappa shape index (κ1) is 25.0. The molecule has 0 amide bonds. The van der Waals surface area contributed by atoms with Crippen LogP contribution in [0.2, 0.25) is 5.28 Å². The van der Waals surface area contributed by atoms with E-state index in [0.717, 1.165) is 12.7 Å². The van der Waals surface area contributed by atoms with Gasteiger partial charge in [0.25, 0.3) is 0 Å². The molecule has 1 unspecified atom stereocenters. The Labute approximate surface area is 198 Å². The third-order valence-corrected chi connectivity index (χ3v) is 6.98. The fourth-order valence-electron chi connectivity index (χ4n) is 4.02. The van der Waals surface area contributed by atoms with E-state index in [2.05, 4.69) is 15.3 Å². The highest BCUT2D eigenvalue weighted by Gasteiger charge is 2.52. The molecule has 3 heterocycles. The van der Waals surface area contributed by atoms with Crippen LogP contribution < -0.4 is 5.32 Å². The van der Waals surface area contributed by atoms with E-state index >= 15 is 0 Å². The predicted octanol–water partition coefficient (Wildman–Crippen LogP) is 1.000. The van der Waals surface area contributed by atoms with Crippen molar-refractivity contribution in [2.75, 3.05) is 19.0 Å². The molecular weight excluding hydrogens is 491 g/mol. The highest BCUT2D eigenvalue weighted by molar-refractivity contribution is 7.52. The normalized spacial score (nSPS) is 24.9. The number of aliphatic hydroxyl groups excluding tert-OH is 3. The zero-order valence-corrected chi connectivity index (χ0v) is 19.5. The number of anilines is 1. The molecule has 12 nitrogen and oxygen atoms in total. The van der Waals surface area contributed by atoms with Gasteiger partial charge in [-0.05, 0) is 23.2 Å². The summed E-state index contributed by atoms with van der Waals surface area (Å²) in [6, 6.07) is 10.3. The molecule has 1 aromatic carbocycles. The number of nitrogens with zero attached hydrogens (tertiary/aromatic N) is 3. The topological polar surface area (TPSA) is 179 Å². The van der Waals surface area contributed by atoms with Gasteiger partial charge in [-0.15, -0.1) is 0 Å². The standard InChI is InChI=1S/C20H24ClN4O8P/c1-32-19(34(29,30)31)15-13(27)14(28)18(33-15)25-8-7-11-16(23-20(21)24-17(11)25)22-12(9-26)10-5-3-2-4-6-10/h2-8,12-15,18-19,26-28H,9H2,1H3,(H,22,23,24)(H2,29,30,31)/t12-,13-,14+,15+,18+,19?/m0/s1. The lowest BCUT2D eigenvalue weighted by molar-refractivity contribution is -0.0759. The van der Waals surface area contributed by atoms with E-state index < -0.39 is 44.0 Å². The fraction of sp³-hybridized carbons (Fsp3) is 0.400. The van der Waals surface area contributed by atoms with Crippen LogP contribution in [0.15, 0.2) is 42.6 Å². The van der Waals surface area contributed by atoms with Crippen molar-refractivity contribution in [1.29, 1.82) is 0 Å². The SMILES string of the molecule is COC([C@@H]1O[C@@H](n2ccc3c(N[C@@H](CO)c4ccccc4)nc(Cl)nc32)[C@H](O)[C@@H]1O)P(=O)(O)O. The molecule has 0 bridgehead atoms. The van der Waals surface area contributed by atoms with Crippen molar-refractivity contribution >= 4 is 36.0 Å². The van der Waals surface area contributed by atoms with Gasteiger partial charge >= 0.3 is 7.60 Å². The maximum absolute atomic E-state index is 11.8. The average molecular weight is 515 g/mol. The van der Waals surface area contributed by atoms with E-state index in [4.69, 9.17) is 21.1 Å². The quantitative estimate of drug-likeness (QED) is 0.186. The van der Waals surface area contributed by atoms with Crippen molar-refractivity contribution in [3.63, 3.8) is 0 Å². The smallest absolute Gasteiger partial charge is 0.356 e. The summed E-state index contributed by atoms with van der Waals surface area (Å²) in [5, 5.41) is 34.4. The Morgan fingerprint density at radius 2 is 1.91 bits per heavy atom. The number of ether oxygens (including phenoxy) is 2. The summed E-state index contributed by atoms with van der Waals surface area (Å²) in [6.45, 7) is -0.229. The van der Waals surface area contributed by atoms with Crippen LogP contribution in [0.4, 0.5) is 5.82 Å². The summed E-state index contributed by atoms with van der Waals surface area (Å²) in [7, 11) is -3.74. The number of aromatic nitrogens is 3. The molecule has 6 atom stereocenters. The minimum absolute atomic E-state index is 0.130. The third-order valence-electron chi connectivity index (χ3n) is 5.64. The maximum Gasteiger partial charge on any atom is 0.356 e. The molecule has 0 spiro atoms. The lowest BCUT2D eigenvalue weighted by atomic mass is 10.1. The molecule has 184 valence electrons. The first-order chi connectivity index (χ1) is 16.2. The van der Waals surface area contributed by atoms with Crippen LogP contribution in [0, 0.1) is 0 Å². The van der Waals surface area contributed by atoms with Crippen molar-refractivity contribution in [3.8, 4) is 0 Å². The molecular formula is C20H24ClN4O8P. The van der Waals surface area contributed by atoms with Gasteiger partial charge in [0.15, 0.2) is 12.1 Å². The van der Waals surface area contributed by atoms with E-state index in [-0.39, 0.29) is 17.5 Å². The molecule has 0 saturated carbocycles. The van der Waals surface area contributed by atoms with Crippen LogP contribution in [0.25, 0.3) is 11.0 Å². The van der Waals surface area contributed by atoms with E-state index in [1.807, 2.05) is 30.3 Å². The van der Waals surface area contributed by atoms with Gasteiger partial charge in [0.05, 0.1) is 18.0 Å². The summed E-state index contributed by atoms with van der Waals surface area (Å²) in [5.74, 6) is -1.47. The van der Waals surface area contributed by atoms with Gasteiger partial charge in [0.2, 0.25) is 5.28 Å². The molecule has 1 aliphatic heterocycles. The number of hydrogen-bond acceptors (Lipinski definition) is 9. The Morgan fingerprint density at radius 3 is 2.53 bits per heavy atom. The molecule has 1 fully saturated rings. The molecule has 1 aliphatic rings. The highest BCUT2D eigenvalue weighted by atomic mass is 35.5. The predicted molar refractivity (Wildman–Crippen MR) is 121 cm³/mol. The summed E-state index contributed by atoms with van der Waals surface area (Å²) in [5.41, 5.74) is 1.05. The van der Waals surface area contributed by atoms with Gasteiger partial charge in [-0.25, -0.2) is 4.98 Å². The van der Waals surface area contributed by atoms with E-state index in [9.17, 15) is 29.7 Å². The molecule has 3 aromatic rings. The molecule has 2 aromatic heterocycles.